The lowest BCUT2D eigenvalue weighted by atomic mass is 10.1. The van der Waals surface area contributed by atoms with E-state index in [0.717, 1.165) is 26.8 Å². The number of nitrogens with zero attached hydrogens (tertiary/aromatic N) is 2. The molecule has 102 valence electrons. The maximum Gasteiger partial charge on any atom is 0.100 e. The normalized spacial score (nSPS) is 11.2. The van der Waals surface area contributed by atoms with Crippen molar-refractivity contribution in [2.45, 2.75) is 20.4 Å². The van der Waals surface area contributed by atoms with Gasteiger partial charge in [-0.15, -0.1) is 0 Å². The van der Waals surface area contributed by atoms with E-state index in [-0.39, 0.29) is 0 Å². The third-order valence-corrected chi connectivity index (χ3v) is 4.18. The fourth-order valence-electron chi connectivity index (χ4n) is 2.39. The van der Waals surface area contributed by atoms with Crippen molar-refractivity contribution in [3.8, 4) is 5.69 Å². The number of hydrogen-bond donors (Lipinski definition) is 1. The third kappa shape index (κ3) is 2.15. The van der Waals surface area contributed by atoms with Gasteiger partial charge in [0.1, 0.15) is 6.33 Å². The molecule has 2 aromatic carbocycles. The Morgan fingerprint density at radius 3 is 2.65 bits per heavy atom. The maximum absolute atomic E-state index is 5.86. The molecule has 20 heavy (non-hydrogen) atoms. The minimum absolute atomic E-state index is 0.507. The van der Waals surface area contributed by atoms with Gasteiger partial charge < -0.3 is 5.73 Å². The number of imidazole rings is 1. The van der Waals surface area contributed by atoms with E-state index < -0.39 is 0 Å². The maximum atomic E-state index is 5.86. The van der Waals surface area contributed by atoms with Crippen molar-refractivity contribution < 1.29 is 0 Å². The molecule has 0 saturated heterocycles. The summed E-state index contributed by atoms with van der Waals surface area (Å²) in [7, 11) is 0. The Kier molecular flexibility index (Phi) is 3.36. The van der Waals surface area contributed by atoms with Crippen molar-refractivity contribution in [2.24, 2.45) is 5.73 Å². The van der Waals surface area contributed by atoms with Crippen LogP contribution < -0.4 is 5.73 Å². The highest BCUT2D eigenvalue weighted by Gasteiger charge is 2.10. The molecular formula is C16H16BrN3. The van der Waals surface area contributed by atoms with Crippen LogP contribution in [0.3, 0.4) is 0 Å². The van der Waals surface area contributed by atoms with Gasteiger partial charge in [-0.2, -0.15) is 0 Å². The molecule has 3 rings (SSSR count). The first-order chi connectivity index (χ1) is 9.60. The van der Waals surface area contributed by atoms with Gasteiger partial charge in [-0.05, 0) is 54.8 Å². The first-order valence-corrected chi connectivity index (χ1v) is 7.32. The van der Waals surface area contributed by atoms with Crippen molar-refractivity contribution in [1.82, 2.24) is 9.55 Å². The molecule has 0 fully saturated rings. The number of aromatic nitrogens is 2. The van der Waals surface area contributed by atoms with Crippen molar-refractivity contribution in [3.05, 3.63) is 57.8 Å². The monoisotopic (exact) mass is 329 g/mol. The standard InChI is InChI=1S/C16H16BrN3/c1-10-5-14-16(6-11(10)2)20(9-19-14)15-7-13(17)4-3-12(15)8-18/h3-7,9H,8,18H2,1-2H3. The molecule has 0 atom stereocenters. The molecule has 0 aliphatic rings. The van der Waals surface area contributed by atoms with E-state index in [0.29, 0.717) is 6.54 Å². The molecule has 0 spiro atoms. The van der Waals surface area contributed by atoms with Crippen LogP contribution in [0.1, 0.15) is 16.7 Å². The molecule has 2 N–H and O–H groups in total. The van der Waals surface area contributed by atoms with Gasteiger partial charge in [-0.1, -0.05) is 22.0 Å². The molecule has 1 heterocycles. The van der Waals surface area contributed by atoms with Crippen molar-refractivity contribution in [1.29, 1.82) is 0 Å². The predicted octanol–water partition coefficient (Wildman–Crippen LogP) is 3.86. The average Bonchev–Trinajstić information content (AvgIpc) is 2.82. The van der Waals surface area contributed by atoms with E-state index in [2.05, 4.69) is 57.5 Å². The molecule has 4 heteroatoms. The average molecular weight is 330 g/mol. The van der Waals surface area contributed by atoms with Crippen molar-refractivity contribution in [3.63, 3.8) is 0 Å². The van der Waals surface area contributed by atoms with Crippen LogP contribution in [-0.4, -0.2) is 9.55 Å². The number of benzene rings is 2. The zero-order valence-electron chi connectivity index (χ0n) is 11.5. The lowest BCUT2D eigenvalue weighted by Gasteiger charge is -2.11. The van der Waals surface area contributed by atoms with Gasteiger partial charge in [0.25, 0.3) is 0 Å². The van der Waals surface area contributed by atoms with Gasteiger partial charge in [0.2, 0.25) is 0 Å². The molecule has 0 unspecified atom stereocenters. The van der Waals surface area contributed by atoms with Crippen LogP contribution in [0.2, 0.25) is 0 Å². The van der Waals surface area contributed by atoms with Crippen LogP contribution >= 0.6 is 15.9 Å². The van der Waals surface area contributed by atoms with Crippen molar-refractivity contribution >= 4 is 27.0 Å². The molecule has 3 aromatic rings. The second kappa shape index (κ2) is 5.04. The van der Waals surface area contributed by atoms with E-state index in [1.54, 1.807) is 0 Å². The lowest BCUT2D eigenvalue weighted by molar-refractivity contribution is 0.998. The molecule has 0 aliphatic carbocycles. The largest absolute Gasteiger partial charge is 0.326 e. The summed E-state index contributed by atoms with van der Waals surface area (Å²) in [5.41, 5.74) is 12.7. The summed E-state index contributed by atoms with van der Waals surface area (Å²) in [4.78, 5) is 4.51. The van der Waals surface area contributed by atoms with Gasteiger partial charge >= 0.3 is 0 Å². The Hall–Kier alpha value is -1.65. The fraction of sp³-hybridized carbons (Fsp3) is 0.188. The van der Waals surface area contributed by atoms with Gasteiger partial charge in [0.05, 0.1) is 16.7 Å². The molecule has 0 bridgehead atoms. The van der Waals surface area contributed by atoms with E-state index in [1.807, 2.05) is 18.5 Å². The Morgan fingerprint density at radius 2 is 1.90 bits per heavy atom. The summed E-state index contributed by atoms with van der Waals surface area (Å²) in [6.45, 7) is 4.74. The highest BCUT2D eigenvalue weighted by molar-refractivity contribution is 9.10. The van der Waals surface area contributed by atoms with E-state index in [9.17, 15) is 0 Å². The van der Waals surface area contributed by atoms with Gasteiger partial charge in [0.15, 0.2) is 0 Å². The highest BCUT2D eigenvalue weighted by atomic mass is 79.9. The molecular weight excluding hydrogens is 314 g/mol. The smallest absolute Gasteiger partial charge is 0.100 e. The summed E-state index contributed by atoms with van der Waals surface area (Å²) < 4.78 is 3.14. The number of aryl methyl sites for hydroxylation is 2. The molecule has 0 amide bonds. The molecule has 3 nitrogen and oxygen atoms in total. The molecule has 0 radical (unpaired) electrons. The zero-order chi connectivity index (χ0) is 14.3. The van der Waals surface area contributed by atoms with Crippen molar-refractivity contribution in [2.75, 3.05) is 0 Å². The van der Waals surface area contributed by atoms with Gasteiger partial charge in [-0.25, -0.2) is 4.98 Å². The van der Waals surface area contributed by atoms with E-state index in [4.69, 9.17) is 5.73 Å². The highest BCUT2D eigenvalue weighted by Crippen LogP contribution is 2.26. The van der Waals surface area contributed by atoms with Crippen LogP contribution in [-0.2, 0) is 6.54 Å². The third-order valence-electron chi connectivity index (χ3n) is 3.69. The second-order valence-electron chi connectivity index (χ2n) is 5.02. The lowest BCUT2D eigenvalue weighted by Crippen LogP contribution is -2.04. The van der Waals surface area contributed by atoms with Crippen LogP contribution in [0.25, 0.3) is 16.7 Å². The van der Waals surface area contributed by atoms with Gasteiger partial charge in [-0.3, -0.25) is 4.57 Å². The molecule has 0 saturated carbocycles. The van der Waals surface area contributed by atoms with Crippen LogP contribution in [0.4, 0.5) is 0 Å². The molecule has 0 aliphatic heterocycles. The van der Waals surface area contributed by atoms with Crippen LogP contribution in [0, 0.1) is 13.8 Å². The number of nitrogens with two attached hydrogens (primary N) is 1. The molecule has 1 aromatic heterocycles. The van der Waals surface area contributed by atoms with Crippen LogP contribution in [0.15, 0.2) is 41.1 Å². The Labute approximate surface area is 126 Å². The Balaban J connectivity index is 2.30. The van der Waals surface area contributed by atoms with Gasteiger partial charge in [0, 0.05) is 11.0 Å². The number of fused-ring (bicyclic) bond motifs is 1. The zero-order valence-corrected chi connectivity index (χ0v) is 13.1. The minimum Gasteiger partial charge on any atom is -0.326 e. The Bertz CT molecular complexity index is 790. The first kappa shape index (κ1) is 13.3. The summed E-state index contributed by atoms with van der Waals surface area (Å²) in [5.74, 6) is 0. The SMILES string of the molecule is Cc1cc2ncn(-c3cc(Br)ccc3CN)c2cc1C. The summed E-state index contributed by atoms with van der Waals surface area (Å²) in [5, 5.41) is 0. The minimum atomic E-state index is 0.507. The van der Waals surface area contributed by atoms with E-state index in [1.165, 1.54) is 11.1 Å². The topological polar surface area (TPSA) is 43.8 Å². The van der Waals surface area contributed by atoms with Crippen LogP contribution in [0.5, 0.6) is 0 Å². The van der Waals surface area contributed by atoms with E-state index >= 15 is 0 Å². The number of rotatable bonds is 2. The first-order valence-electron chi connectivity index (χ1n) is 6.53. The summed E-state index contributed by atoms with van der Waals surface area (Å²) >= 11 is 3.53. The predicted molar refractivity (Wildman–Crippen MR) is 86.1 cm³/mol. The summed E-state index contributed by atoms with van der Waals surface area (Å²) in [6, 6.07) is 10.4. The number of halogens is 1. The number of hydrogen-bond acceptors (Lipinski definition) is 2. The summed E-state index contributed by atoms with van der Waals surface area (Å²) in [6.07, 6.45) is 1.87. The fourth-order valence-corrected chi connectivity index (χ4v) is 2.74. The second-order valence-corrected chi connectivity index (χ2v) is 5.93. The Morgan fingerprint density at radius 1 is 1.15 bits per heavy atom. The quantitative estimate of drug-likeness (QED) is 0.775.